The molecule has 0 fully saturated rings. The highest BCUT2D eigenvalue weighted by molar-refractivity contribution is 7.97. The second-order valence-corrected chi connectivity index (χ2v) is 9.21. The molecule has 2 aromatic rings. The van der Waals surface area contributed by atoms with Crippen molar-refractivity contribution in [2.75, 3.05) is 10.6 Å². The lowest BCUT2D eigenvalue weighted by Crippen LogP contribution is -2.40. The van der Waals surface area contributed by atoms with E-state index in [0.29, 0.717) is 16.4 Å². The standard InChI is InChI=1S/C14H13Cl3N4O2S2/c15-9-5-11-12(24-21-14(20-11)13(16)17)6-10(9)19-7-1-3-8(4-2-7)25(18,22)23/h1-6,13-14,19-21H,(H2,18,22,23). The summed E-state index contributed by atoms with van der Waals surface area (Å²) >= 11 is 19.5. The van der Waals surface area contributed by atoms with Gasteiger partial charge in [0.05, 0.1) is 21.3 Å². The molecule has 0 radical (unpaired) electrons. The van der Waals surface area contributed by atoms with Crippen molar-refractivity contribution in [1.29, 1.82) is 0 Å². The van der Waals surface area contributed by atoms with E-state index in [9.17, 15) is 8.42 Å². The number of alkyl halides is 2. The minimum Gasteiger partial charge on any atom is -0.366 e. The second kappa shape index (κ2) is 7.40. The van der Waals surface area contributed by atoms with Gasteiger partial charge in [-0.1, -0.05) is 11.6 Å². The zero-order valence-electron chi connectivity index (χ0n) is 12.5. The van der Waals surface area contributed by atoms with Gasteiger partial charge in [0.1, 0.15) is 11.0 Å². The number of anilines is 3. The molecule has 1 unspecified atom stereocenters. The first-order valence-corrected chi connectivity index (χ1v) is 10.6. The van der Waals surface area contributed by atoms with Crippen LogP contribution < -0.4 is 20.5 Å². The van der Waals surface area contributed by atoms with Gasteiger partial charge in [-0.3, -0.25) is 0 Å². The van der Waals surface area contributed by atoms with Crippen LogP contribution >= 0.6 is 46.8 Å². The van der Waals surface area contributed by atoms with E-state index in [4.69, 9.17) is 39.9 Å². The highest BCUT2D eigenvalue weighted by Gasteiger charge is 2.24. The zero-order chi connectivity index (χ0) is 18.2. The van der Waals surface area contributed by atoms with Crippen molar-refractivity contribution in [2.45, 2.75) is 20.8 Å². The van der Waals surface area contributed by atoms with Crippen molar-refractivity contribution in [3.63, 3.8) is 0 Å². The van der Waals surface area contributed by atoms with E-state index in [1.807, 2.05) is 6.07 Å². The summed E-state index contributed by atoms with van der Waals surface area (Å²) in [4.78, 5) is 0.342. The summed E-state index contributed by atoms with van der Waals surface area (Å²) in [6, 6.07) is 9.71. The molecule has 134 valence electrons. The van der Waals surface area contributed by atoms with Crippen molar-refractivity contribution in [2.24, 2.45) is 5.14 Å². The monoisotopic (exact) mass is 438 g/mol. The molecule has 25 heavy (non-hydrogen) atoms. The third kappa shape index (κ3) is 4.46. The summed E-state index contributed by atoms with van der Waals surface area (Å²) < 4.78 is 25.7. The van der Waals surface area contributed by atoms with E-state index < -0.39 is 14.9 Å². The highest BCUT2D eigenvalue weighted by atomic mass is 35.5. The topological polar surface area (TPSA) is 96.2 Å². The quantitative estimate of drug-likeness (QED) is 0.426. The molecule has 0 saturated carbocycles. The number of primary sulfonamides is 1. The molecular weight excluding hydrogens is 427 g/mol. The molecule has 6 nitrogen and oxygen atoms in total. The average molecular weight is 440 g/mol. The van der Waals surface area contributed by atoms with Crippen LogP contribution in [0.3, 0.4) is 0 Å². The maximum atomic E-state index is 11.3. The lowest BCUT2D eigenvalue weighted by Gasteiger charge is -2.28. The molecule has 0 aromatic heterocycles. The Balaban J connectivity index is 1.82. The Hall–Kier alpha value is -0.870. The summed E-state index contributed by atoms with van der Waals surface area (Å²) in [5, 5.41) is 11.9. The molecule has 1 aliphatic rings. The molecule has 5 N–H and O–H groups in total. The number of halogens is 3. The summed E-state index contributed by atoms with van der Waals surface area (Å²) in [5.74, 6) is 0. The number of hydrogen-bond donors (Lipinski definition) is 4. The molecule has 0 aliphatic carbocycles. The Bertz CT molecular complexity index is 892. The molecule has 11 heteroatoms. The minimum absolute atomic E-state index is 0.0429. The molecule has 0 bridgehead atoms. The smallest absolute Gasteiger partial charge is 0.238 e. The number of fused-ring (bicyclic) bond motifs is 1. The van der Waals surface area contributed by atoms with Crippen molar-refractivity contribution in [3.8, 4) is 0 Å². The van der Waals surface area contributed by atoms with Gasteiger partial charge in [0.15, 0.2) is 0 Å². The Kier molecular flexibility index (Phi) is 5.60. The number of nitrogens with two attached hydrogens (primary N) is 1. The van der Waals surface area contributed by atoms with Crippen molar-refractivity contribution in [1.82, 2.24) is 4.72 Å². The van der Waals surface area contributed by atoms with Crippen LogP contribution in [0.1, 0.15) is 0 Å². The second-order valence-electron chi connectivity index (χ2n) is 5.20. The van der Waals surface area contributed by atoms with Gasteiger partial charge < -0.3 is 10.6 Å². The number of nitrogens with one attached hydrogen (secondary N) is 3. The number of rotatable bonds is 4. The normalized spacial score (nSPS) is 17.1. The highest BCUT2D eigenvalue weighted by Crippen LogP contribution is 2.39. The molecule has 0 spiro atoms. The van der Waals surface area contributed by atoms with Crippen LogP contribution in [-0.2, 0) is 10.0 Å². The van der Waals surface area contributed by atoms with Gasteiger partial charge in [-0.2, -0.15) is 0 Å². The lowest BCUT2D eigenvalue weighted by atomic mass is 10.2. The third-order valence-electron chi connectivity index (χ3n) is 3.39. The Morgan fingerprint density at radius 3 is 2.48 bits per heavy atom. The molecule has 0 amide bonds. The summed E-state index contributed by atoms with van der Waals surface area (Å²) in [6.45, 7) is 0. The van der Waals surface area contributed by atoms with Gasteiger partial charge in [-0.15, -0.1) is 23.2 Å². The summed E-state index contributed by atoms with van der Waals surface area (Å²) in [7, 11) is -3.72. The number of sulfonamides is 1. The van der Waals surface area contributed by atoms with Crippen LogP contribution in [0.25, 0.3) is 0 Å². The zero-order valence-corrected chi connectivity index (χ0v) is 16.4. The van der Waals surface area contributed by atoms with Crippen LogP contribution in [0, 0.1) is 0 Å². The summed E-state index contributed by atoms with van der Waals surface area (Å²) in [5.41, 5.74) is 2.17. The predicted octanol–water partition coefficient (Wildman–Crippen LogP) is 3.88. The Labute approximate surface area is 164 Å². The van der Waals surface area contributed by atoms with Crippen molar-refractivity contribution < 1.29 is 8.42 Å². The fourth-order valence-electron chi connectivity index (χ4n) is 2.17. The Morgan fingerprint density at radius 2 is 1.88 bits per heavy atom. The largest absolute Gasteiger partial charge is 0.366 e. The van der Waals surface area contributed by atoms with E-state index in [0.717, 1.165) is 10.6 Å². The van der Waals surface area contributed by atoms with Gasteiger partial charge in [0, 0.05) is 10.6 Å². The van der Waals surface area contributed by atoms with Gasteiger partial charge >= 0.3 is 0 Å². The van der Waals surface area contributed by atoms with E-state index in [-0.39, 0.29) is 11.1 Å². The fourth-order valence-corrected chi connectivity index (χ4v) is 4.15. The van der Waals surface area contributed by atoms with Gasteiger partial charge in [-0.25, -0.2) is 18.3 Å². The molecular formula is C14H13Cl3N4O2S2. The molecule has 3 rings (SSSR count). The van der Waals surface area contributed by atoms with Crippen LogP contribution in [0.5, 0.6) is 0 Å². The van der Waals surface area contributed by atoms with Gasteiger partial charge in [0.2, 0.25) is 10.0 Å². The first-order chi connectivity index (χ1) is 11.7. The predicted molar refractivity (Wildman–Crippen MR) is 104 cm³/mol. The minimum atomic E-state index is -3.72. The molecule has 1 heterocycles. The first-order valence-electron chi connectivity index (χ1n) is 6.94. The fraction of sp³-hybridized carbons (Fsp3) is 0.143. The van der Waals surface area contributed by atoms with Gasteiger partial charge in [-0.05, 0) is 48.3 Å². The first kappa shape index (κ1) is 18.9. The molecule has 1 aliphatic heterocycles. The van der Waals surface area contributed by atoms with Crippen LogP contribution in [0.4, 0.5) is 17.1 Å². The SMILES string of the molecule is NS(=O)(=O)c1ccc(Nc2cc3c(cc2Cl)NC(C(Cl)Cl)NS3)cc1. The van der Waals surface area contributed by atoms with Crippen LogP contribution in [-0.4, -0.2) is 19.4 Å². The third-order valence-corrected chi connectivity index (χ3v) is 6.07. The number of benzene rings is 2. The van der Waals surface area contributed by atoms with Gasteiger partial charge in [0.25, 0.3) is 0 Å². The van der Waals surface area contributed by atoms with E-state index in [1.54, 1.807) is 18.2 Å². The maximum Gasteiger partial charge on any atom is 0.238 e. The lowest BCUT2D eigenvalue weighted by molar-refractivity contribution is 0.598. The van der Waals surface area contributed by atoms with E-state index in [2.05, 4.69) is 15.4 Å². The van der Waals surface area contributed by atoms with E-state index >= 15 is 0 Å². The Morgan fingerprint density at radius 1 is 1.20 bits per heavy atom. The van der Waals surface area contributed by atoms with Crippen LogP contribution in [0.15, 0.2) is 46.2 Å². The van der Waals surface area contributed by atoms with Crippen molar-refractivity contribution in [3.05, 3.63) is 41.4 Å². The van der Waals surface area contributed by atoms with Crippen molar-refractivity contribution >= 4 is 73.8 Å². The maximum absolute atomic E-state index is 11.3. The average Bonchev–Trinajstić information content (AvgIpc) is 2.54. The summed E-state index contributed by atoms with van der Waals surface area (Å²) in [6.07, 6.45) is -0.290. The van der Waals surface area contributed by atoms with Crippen LogP contribution in [0.2, 0.25) is 5.02 Å². The molecule has 0 saturated heterocycles. The van der Waals surface area contributed by atoms with E-state index in [1.165, 1.54) is 24.1 Å². The molecule has 2 aromatic carbocycles. The molecule has 1 atom stereocenters. The number of hydrogen-bond acceptors (Lipinski definition) is 6.